The van der Waals surface area contributed by atoms with Crippen molar-refractivity contribution in [1.29, 1.82) is 0 Å². The number of benzene rings is 2. The number of nitrogens with one attached hydrogen (secondary N) is 1. The summed E-state index contributed by atoms with van der Waals surface area (Å²) in [6.45, 7) is 6.44. The van der Waals surface area contributed by atoms with Crippen molar-refractivity contribution in [1.82, 2.24) is 19.7 Å². The Labute approximate surface area is 196 Å². The van der Waals surface area contributed by atoms with Gasteiger partial charge in [0.15, 0.2) is 16.7 Å². The second-order valence-corrected chi connectivity index (χ2v) is 8.96. The Morgan fingerprint density at radius 2 is 1.97 bits per heavy atom. The highest BCUT2D eigenvalue weighted by atomic mass is 79.9. The standard InChI is InChI=1S/C22H19BrN6O2S/c1-13(2)11-29-20(14-7-9-15(23)10-8-14)27-28-22(29)32-12-18(30)25-26-19-16-5-3-4-6-17(16)24-21(19)31/h3-10,24,31H,1,11-12H2,2H3. The quantitative estimate of drug-likeness (QED) is 0.183. The third-order valence-electron chi connectivity index (χ3n) is 4.49. The van der Waals surface area contributed by atoms with Crippen LogP contribution in [0.25, 0.3) is 22.3 Å². The van der Waals surface area contributed by atoms with Crippen molar-refractivity contribution < 1.29 is 9.90 Å². The fourth-order valence-electron chi connectivity index (χ4n) is 3.10. The van der Waals surface area contributed by atoms with Gasteiger partial charge in [-0.05, 0) is 25.1 Å². The van der Waals surface area contributed by atoms with Crippen LogP contribution in [0.1, 0.15) is 6.92 Å². The minimum absolute atomic E-state index is 0.0290. The summed E-state index contributed by atoms with van der Waals surface area (Å²) >= 11 is 4.66. The van der Waals surface area contributed by atoms with Crippen LogP contribution in [0, 0.1) is 0 Å². The van der Waals surface area contributed by atoms with E-state index < -0.39 is 5.91 Å². The number of rotatable bonds is 7. The minimum Gasteiger partial charge on any atom is -0.493 e. The Balaban J connectivity index is 1.51. The van der Waals surface area contributed by atoms with E-state index in [0.717, 1.165) is 15.6 Å². The van der Waals surface area contributed by atoms with Crippen LogP contribution in [0.2, 0.25) is 0 Å². The fraction of sp³-hybridized carbons (Fsp3) is 0.136. The molecule has 0 aliphatic heterocycles. The largest absolute Gasteiger partial charge is 0.493 e. The first kappa shape index (κ1) is 22.0. The number of nitrogens with zero attached hydrogens (tertiary/aromatic N) is 5. The number of carbonyl (C=O) groups is 1. The highest BCUT2D eigenvalue weighted by Crippen LogP contribution is 2.35. The van der Waals surface area contributed by atoms with E-state index in [9.17, 15) is 9.90 Å². The van der Waals surface area contributed by atoms with Crippen molar-refractivity contribution in [3.8, 4) is 17.3 Å². The van der Waals surface area contributed by atoms with Crippen LogP contribution in [-0.2, 0) is 11.3 Å². The molecule has 0 unspecified atom stereocenters. The van der Waals surface area contributed by atoms with Gasteiger partial charge in [0.2, 0.25) is 5.88 Å². The van der Waals surface area contributed by atoms with Gasteiger partial charge in [-0.3, -0.25) is 9.36 Å². The molecule has 2 heterocycles. The highest BCUT2D eigenvalue weighted by molar-refractivity contribution is 9.10. The summed E-state index contributed by atoms with van der Waals surface area (Å²) < 4.78 is 2.89. The number of hydrogen-bond donors (Lipinski definition) is 2. The molecule has 0 atom stereocenters. The summed E-state index contributed by atoms with van der Waals surface area (Å²) in [6.07, 6.45) is 0. The molecular formula is C22H19BrN6O2S. The topological polar surface area (TPSA) is 109 Å². The minimum atomic E-state index is -0.449. The van der Waals surface area contributed by atoms with Crippen molar-refractivity contribution in [2.24, 2.45) is 10.2 Å². The van der Waals surface area contributed by atoms with E-state index in [1.807, 2.05) is 54.0 Å². The monoisotopic (exact) mass is 510 g/mol. The average molecular weight is 511 g/mol. The summed E-state index contributed by atoms with van der Waals surface area (Å²) in [5.74, 6) is 0.146. The van der Waals surface area contributed by atoms with E-state index in [2.05, 4.69) is 47.9 Å². The summed E-state index contributed by atoms with van der Waals surface area (Å²) in [4.78, 5) is 15.2. The van der Waals surface area contributed by atoms with E-state index >= 15 is 0 Å². The van der Waals surface area contributed by atoms with Crippen LogP contribution < -0.4 is 0 Å². The molecule has 0 aliphatic carbocycles. The lowest BCUT2D eigenvalue weighted by Gasteiger charge is -2.09. The van der Waals surface area contributed by atoms with E-state index in [1.54, 1.807) is 6.07 Å². The molecular weight excluding hydrogens is 492 g/mol. The van der Waals surface area contributed by atoms with Crippen molar-refractivity contribution in [3.05, 3.63) is 65.2 Å². The van der Waals surface area contributed by atoms with Crippen molar-refractivity contribution in [2.75, 3.05) is 5.75 Å². The van der Waals surface area contributed by atoms with Gasteiger partial charge in [-0.25, -0.2) is 0 Å². The number of allylic oxidation sites excluding steroid dienone is 1. The van der Waals surface area contributed by atoms with Gasteiger partial charge >= 0.3 is 0 Å². The molecule has 0 radical (unpaired) electrons. The Hall–Kier alpha value is -3.24. The zero-order chi connectivity index (χ0) is 22.7. The number of thioether (sulfide) groups is 1. The number of H-pyrrole nitrogens is 1. The van der Waals surface area contributed by atoms with Gasteiger partial charge in [-0.2, -0.15) is 0 Å². The Morgan fingerprint density at radius 1 is 1.22 bits per heavy atom. The number of aromatic hydroxyl groups is 1. The molecule has 10 heteroatoms. The zero-order valence-corrected chi connectivity index (χ0v) is 19.5. The number of hydrogen-bond acceptors (Lipinski definition) is 6. The smallest absolute Gasteiger partial charge is 0.275 e. The number of fused-ring (bicyclic) bond motifs is 1. The average Bonchev–Trinajstić information content (AvgIpc) is 3.30. The molecule has 4 rings (SSSR count). The predicted octanol–water partition coefficient (Wildman–Crippen LogP) is 5.87. The summed E-state index contributed by atoms with van der Waals surface area (Å²) in [7, 11) is 0. The maximum atomic E-state index is 12.4. The number of aromatic nitrogens is 4. The summed E-state index contributed by atoms with van der Waals surface area (Å²) in [5, 5.41) is 27.6. The number of para-hydroxylation sites is 1. The molecule has 0 spiro atoms. The van der Waals surface area contributed by atoms with Gasteiger partial charge in [-0.1, -0.05) is 70.2 Å². The number of carbonyl (C=O) groups excluding carboxylic acids is 1. The van der Waals surface area contributed by atoms with Gasteiger partial charge in [0.05, 0.1) is 11.3 Å². The lowest BCUT2D eigenvalue weighted by Crippen LogP contribution is -2.05. The van der Waals surface area contributed by atoms with Gasteiger partial charge < -0.3 is 10.1 Å². The number of aromatic amines is 1. The van der Waals surface area contributed by atoms with Crippen LogP contribution in [0.15, 0.2) is 80.5 Å². The Bertz CT molecular complexity index is 1330. The first-order valence-electron chi connectivity index (χ1n) is 9.63. The van der Waals surface area contributed by atoms with Crippen molar-refractivity contribution in [3.63, 3.8) is 0 Å². The summed E-state index contributed by atoms with van der Waals surface area (Å²) in [6, 6.07) is 15.0. The molecule has 0 saturated carbocycles. The third-order valence-corrected chi connectivity index (χ3v) is 5.97. The van der Waals surface area contributed by atoms with Crippen LogP contribution in [0.4, 0.5) is 5.69 Å². The second-order valence-electron chi connectivity index (χ2n) is 7.11. The highest BCUT2D eigenvalue weighted by Gasteiger charge is 2.16. The van der Waals surface area contributed by atoms with E-state index in [1.165, 1.54) is 11.8 Å². The molecule has 0 bridgehead atoms. The molecule has 32 heavy (non-hydrogen) atoms. The Kier molecular flexibility index (Phi) is 6.52. The van der Waals surface area contributed by atoms with Gasteiger partial charge in [0, 0.05) is 22.0 Å². The molecule has 162 valence electrons. The lowest BCUT2D eigenvalue weighted by molar-refractivity contribution is -0.115. The molecule has 0 fully saturated rings. The maximum absolute atomic E-state index is 12.4. The maximum Gasteiger partial charge on any atom is 0.275 e. The molecule has 2 N–H and O–H groups in total. The molecule has 4 aromatic rings. The van der Waals surface area contributed by atoms with E-state index in [0.29, 0.717) is 28.4 Å². The van der Waals surface area contributed by atoms with Gasteiger partial charge in [0.25, 0.3) is 5.91 Å². The predicted molar refractivity (Wildman–Crippen MR) is 128 cm³/mol. The first-order chi connectivity index (χ1) is 15.4. The Morgan fingerprint density at radius 3 is 2.72 bits per heavy atom. The molecule has 0 saturated heterocycles. The van der Waals surface area contributed by atoms with Crippen LogP contribution in [0.3, 0.4) is 0 Å². The molecule has 2 aromatic carbocycles. The van der Waals surface area contributed by atoms with E-state index in [4.69, 9.17) is 0 Å². The second kappa shape index (κ2) is 9.49. The normalized spacial score (nSPS) is 11.4. The number of halogens is 1. The molecule has 0 aliphatic rings. The van der Waals surface area contributed by atoms with Crippen LogP contribution in [-0.4, -0.2) is 36.5 Å². The van der Waals surface area contributed by atoms with Gasteiger partial charge in [-0.15, -0.1) is 20.4 Å². The first-order valence-corrected chi connectivity index (χ1v) is 11.4. The van der Waals surface area contributed by atoms with E-state index in [-0.39, 0.29) is 17.3 Å². The van der Waals surface area contributed by atoms with Crippen molar-refractivity contribution in [2.45, 2.75) is 18.6 Å². The van der Waals surface area contributed by atoms with Crippen LogP contribution >= 0.6 is 27.7 Å². The zero-order valence-electron chi connectivity index (χ0n) is 17.1. The molecule has 8 nitrogen and oxygen atoms in total. The van der Waals surface area contributed by atoms with Crippen LogP contribution in [0.5, 0.6) is 5.88 Å². The van der Waals surface area contributed by atoms with Gasteiger partial charge in [0.1, 0.15) is 0 Å². The fourth-order valence-corrected chi connectivity index (χ4v) is 4.08. The summed E-state index contributed by atoms with van der Waals surface area (Å²) in [5.41, 5.74) is 2.80. The molecule has 2 aromatic heterocycles. The molecule has 1 amide bonds. The van der Waals surface area contributed by atoms with Crippen molar-refractivity contribution >= 4 is 50.2 Å². The number of amides is 1. The number of azo groups is 1. The lowest BCUT2D eigenvalue weighted by atomic mass is 10.2. The third kappa shape index (κ3) is 4.81. The SMILES string of the molecule is C=C(C)Cn1c(SCC(=O)N=Nc2c(O)[nH]c3ccccc23)nnc1-c1ccc(Br)cc1.